The van der Waals surface area contributed by atoms with E-state index >= 15 is 0 Å². The average Bonchev–Trinajstić information content (AvgIpc) is 2.41. The van der Waals surface area contributed by atoms with Crippen LogP contribution >= 0.6 is 11.6 Å². The molecule has 0 spiro atoms. The van der Waals surface area contributed by atoms with Gasteiger partial charge in [0, 0.05) is 10.7 Å². The number of nitrogens with one attached hydrogen (secondary N) is 1. The molecule has 4 nitrogen and oxygen atoms in total. The first-order valence-electron chi connectivity index (χ1n) is 6.41. The number of nitriles is 1. The van der Waals surface area contributed by atoms with Crippen LogP contribution in [0.25, 0.3) is 0 Å². The van der Waals surface area contributed by atoms with Gasteiger partial charge in [0.05, 0.1) is 6.07 Å². The molecule has 0 bridgehead atoms. The van der Waals surface area contributed by atoms with E-state index < -0.39 is 6.04 Å². The molecule has 0 aliphatic carbocycles. The standard InChI is InChI=1S/C14H16ClN3O/c15-11-5-4-6-12(9-11)17-14(19)13(10-16)18-7-2-1-3-8-18/h4-6,9,13H,1-3,7-8H2,(H,17,19). The predicted octanol–water partition coefficient (Wildman–Crippen LogP) is 2.66. The van der Waals surface area contributed by atoms with Gasteiger partial charge in [0.25, 0.3) is 5.91 Å². The summed E-state index contributed by atoms with van der Waals surface area (Å²) in [4.78, 5) is 14.1. The van der Waals surface area contributed by atoms with Crippen molar-refractivity contribution >= 4 is 23.2 Å². The third-order valence-electron chi connectivity index (χ3n) is 3.22. The molecule has 1 saturated heterocycles. The average molecular weight is 278 g/mol. The minimum absolute atomic E-state index is 0.285. The van der Waals surface area contributed by atoms with Gasteiger partial charge in [0.15, 0.2) is 6.04 Å². The van der Waals surface area contributed by atoms with Crippen LogP contribution < -0.4 is 5.32 Å². The van der Waals surface area contributed by atoms with Crippen LogP contribution in [0, 0.1) is 11.3 Å². The minimum Gasteiger partial charge on any atom is -0.324 e. The van der Waals surface area contributed by atoms with Gasteiger partial charge in [0.1, 0.15) is 0 Å². The van der Waals surface area contributed by atoms with Crippen molar-refractivity contribution in [1.29, 1.82) is 5.26 Å². The highest BCUT2D eigenvalue weighted by Crippen LogP contribution is 2.17. The van der Waals surface area contributed by atoms with Crippen molar-refractivity contribution in [1.82, 2.24) is 4.90 Å². The number of likely N-dealkylation sites (tertiary alicyclic amines) is 1. The van der Waals surface area contributed by atoms with Crippen LogP contribution in [0.5, 0.6) is 0 Å². The molecule has 1 N–H and O–H groups in total. The van der Waals surface area contributed by atoms with Gasteiger partial charge in [0.2, 0.25) is 0 Å². The van der Waals surface area contributed by atoms with Crippen LogP contribution in [-0.4, -0.2) is 29.9 Å². The number of carbonyl (C=O) groups excluding carboxylic acids is 1. The summed E-state index contributed by atoms with van der Waals surface area (Å²) in [6, 6.07) is 8.30. The normalized spacial score (nSPS) is 17.5. The molecule has 1 aromatic carbocycles. The van der Waals surface area contributed by atoms with Gasteiger partial charge >= 0.3 is 0 Å². The first kappa shape index (κ1) is 13.9. The third-order valence-corrected chi connectivity index (χ3v) is 3.45. The Labute approximate surface area is 118 Å². The Morgan fingerprint density at radius 2 is 2.11 bits per heavy atom. The largest absolute Gasteiger partial charge is 0.324 e. The molecule has 1 aromatic rings. The number of piperidine rings is 1. The predicted molar refractivity (Wildman–Crippen MR) is 74.9 cm³/mol. The first-order chi connectivity index (χ1) is 9.20. The summed E-state index contributed by atoms with van der Waals surface area (Å²) < 4.78 is 0. The quantitative estimate of drug-likeness (QED) is 0.924. The fourth-order valence-electron chi connectivity index (χ4n) is 2.26. The minimum atomic E-state index is -0.723. The van der Waals surface area contributed by atoms with Crippen molar-refractivity contribution in [2.45, 2.75) is 25.3 Å². The molecule has 5 heteroatoms. The molecule has 1 aliphatic rings. The van der Waals surface area contributed by atoms with E-state index in [9.17, 15) is 10.1 Å². The number of hydrogen-bond acceptors (Lipinski definition) is 3. The van der Waals surface area contributed by atoms with E-state index in [0.717, 1.165) is 25.9 Å². The van der Waals surface area contributed by atoms with E-state index in [0.29, 0.717) is 10.7 Å². The molecule has 100 valence electrons. The monoisotopic (exact) mass is 277 g/mol. The van der Waals surface area contributed by atoms with Gasteiger partial charge in [-0.25, -0.2) is 0 Å². The maximum Gasteiger partial charge on any atom is 0.256 e. The second kappa shape index (κ2) is 6.55. The van der Waals surface area contributed by atoms with Crippen molar-refractivity contribution in [3.63, 3.8) is 0 Å². The lowest BCUT2D eigenvalue weighted by Crippen LogP contribution is -2.45. The lowest BCUT2D eigenvalue weighted by atomic mass is 10.1. The SMILES string of the molecule is N#CC(C(=O)Nc1cccc(Cl)c1)N1CCCCC1. The number of hydrogen-bond donors (Lipinski definition) is 1. The van der Waals surface area contributed by atoms with Gasteiger partial charge < -0.3 is 5.32 Å². The summed E-state index contributed by atoms with van der Waals surface area (Å²) in [5.41, 5.74) is 0.620. The molecular weight excluding hydrogens is 262 g/mol. The van der Waals surface area contributed by atoms with Crippen molar-refractivity contribution in [2.75, 3.05) is 18.4 Å². The lowest BCUT2D eigenvalue weighted by molar-refractivity contribution is -0.119. The Morgan fingerprint density at radius 3 is 2.74 bits per heavy atom. The van der Waals surface area contributed by atoms with Crippen LogP contribution in [0.3, 0.4) is 0 Å². The summed E-state index contributed by atoms with van der Waals surface area (Å²) >= 11 is 5.86. The fourth-order valence-corrected chi connectivity index (χ4v) is 2.45. The lowest BCUT2D eigenvalue weighted by Gasteiger charge is -2.29. The Hall–Kier alpha value is -1.57. The van der Waals surface area contributed by atoms with Crippen molar-refractivity contribution in [3.8, 4) is 6.07 Å². The zero-order chi connectivity index (χ0) is 13.7. The van der Waals surface area contributed by atoms with Crippen LogP contribution in [0.1, 0.15) is 19.3 Å². The number of carbonyl (C=O) groups is 1. The van der Waals surface area contributed by atoms with Gasteiger partial charge in [-0.3, -0.25) is 9.69 Å². The fraction of sp³-hybridized carbons (Fsp3) is 0.429. The number of anilines is 1. The highest BCUT2D eigenvalue weighted by atomic mass is 35.5. The molecular formula is C14H16ClN3O. The molecule has 1 heterocycles. The van der Waals surface area contributed by atoms with Gasteiger partial charge in [-0.15, -0.1) is 0 Å². The van der Waals surface area contributed by atoms with E-state index in [1.807, 2.05) is 4.90 Å². The summed E-state index contributed by atoms with van der Waals surface area (Å²) in [5.74, 6) is -0.285. The Balaban J connectivity index is 2.02. The van der Waals surface area contributed by atoms with E-state index in [4.69, 9.17) is 11.6 Å². The van der Waals surface area contributed by atoms with Crippen LogP contribution in [-0.2, 0) is 4.79 Å². The summed E-state index contributed by atoms with van der Waals surface area (Å²) in [5, 5.41) is 12.5. The Morgan fingerprint density at radius 1 is 1.37 bits per heavy atom. The summed E-state index contributed by atoms with van der Waals surface area (Å²) in [6.45, 7) is 1.61. The molecule has 0 aromatic heterocycles. The zero-order valence-corrected chi connectivity index (χ0v) is 11.4. The topological polar surface area (TPSA) is 56.1 Å². The molecule has 1 fully saturated rings. The zero-order valence-electron chi connectivity index (χ0n) is 10.6. The maximum atomic E-state index is 12.1. The second-order valence-corrected chi connectivity index (χ2v) is 5.06. The van der Waals surface area contributed by atoms with E-state index in [-0.39, 0.29) is 5.91 Å². The van der Waals surface area contributed by atoms with E-state index in [1.54, 1.807) is 24.3 Å². The molecule has 1 amide bonds. The molecule has 0 saturated carbocycles. The molecule has 1 unspecified atom stereocenters. The second-order valence-electron chi connectivity index (χ2n) is 4.63. The molecule has 0 radical (unpaired) electrons. The van der Waals surface area contributed by atoms with Crippen LogP contribution in [0.4, 0.5) is 5.69 Å². The van der Waals surface area contributed by atoms with Gasteiger partial charge in [-0.2, -0.15) is 5.26 Å². The number of nitrogens with zero attached hydrogens (tertiary/aromatic N) is 2. The van der Waals surface area contributed by atoms with Crippen LogP contribution in [0.2, 0.25) is 5.02 Å². The van der Waals surface area contributed by atoms with Crippen LogP contribution in [0.15, 0.2) is 24.3 Å². The highest BCUT2D eigenvalue weighted by molar-refractivity contribution is 6.30. The summed E-state index contributed by atoms with van der Waals surface area (Å²) in [7, 11) is 0. The van der Waals surface area contributed by atoms with Crippen molar-refractivity contribution < 1.29 is 4.79 Å². The van der Waals surface area contributed by atoms with Gasteiger partial charge in [-0.1, -0.05) is 24.1 Å². The third kappa shape index (κ3) is 3.69. The van der Waals surface area contributed by atoms with E-state index in [2.05, 4.69) is 11.4 Å². The number of benzene rings is 1. The van der Waals surface area contributed by atoms with Crippen molar-refractivity contribution in [2.24, 2.45) is 0 Å². The maximum absolute atomic E-state index is 12.1. The molecule has 1 aliphatic heterocycles. The van der Waals surface area contributed by atoms with E-state index in [1.165, 1.54) is 6.42 Å². The first-order valence-corrected chi connectivity index (χ1v) is 6.78. The number of halogens is 1. The van der Waals surface area contributed by atoms with Crippen molar-refractivity contribution in [3.05, 3.63) is 29.3 Å². The molecule has 2 rings (SSSR count). The highest BCUT2D eigenvalue weighted by Gasteiger charge is 2.26. The van der Waals surface area contributed by atoms with Gasteiger partial charge in [-0.05, 0) is 44.1 Å². The Kier molecular flexibility index (Phi) is 4.78. The Bertz CT molecular complexity index is 492. The molecule has 1 atom stereocenters. The molecule has 19 heavy (non-hydrogen) atoms. The smallest absolute Gasteiger partial charge is 0.256 e. The number of rotatable bonds is 3. The number of amides is 1. The summed E-state index contributed by atoms with van der Waals surface area (Å²) in [6.07, 6.45) is 3.26.